The van der Waals surface area contributed by atoms with Crippen LogP contribution in [0.5, 0.6) is 0 Å². The number of rotatable bonds is 1. The van der Waals surface area contributed by atoms with E-state index in [-0.39, 0.29) is 5.56 Å². The molecule has 1 saturated heterocycles. The zero-order valence-electron chi connectivity index (χ0n) is 8.13. The van der Waals surface area contributed by atoms with Gasteiger partial charge in [-0.05, 0) is 18.9 Å². The van der Waals surface area contributed by atoms with Crippen LogP contribution < -0.4 is 4.90 Å². The van der Waals surface area contributed by atoms with E-state index in [1.54, 1.807) is 0 Å². The second-order valence-corrected chi connectivity index (χ2v) is 3.59. The number of hydrogen-bond acceptors (Lipinski definition) is 2. The van der Waals surface area contributed by atoms with Crippen molar-refractivity contribution in [1.82, 2.24) is 0 Å². The molecule has 1 aliphatic rings. The summed E-state index contributed by atoms with van der Waals surface area (Å²) in [6.45, 7) is 1.61. The van der Waals surface area contributed by atoms with Crippen LogP contribution in [-0.4, -0.2) is 13.1 Å². The van der Waals surface area contributed by atoms with Crippen molar-refractivity contribution in [3.8, 4) is 6.07 Å². The van der Waals surface area contributed by atoms with Crippen molar-refractivity contribution in [1.29, 1.82) is 5.26 Å². The smallest absolute Gasteiger partial charge is 0.160 e. The number of benzene rings is 1. The summed E-state index contributed by atoms with van der Waals surface area (Å²) in [7, 11) is 0. The van der Waals surface area contributed by atoms with Gasteiger partial charge in [0, 0.05) is 19.2 Å². The molecule has 78 valence electrons. The summed E-state index contributed by atoms with van der Waals surface area (Å²) in [6.07, 6.45) is 2.06. The van der Waals surface area contributed by atoms with Gasteiger partial charge >= 0.3 is 0 Å². The topological polar surface area (TPSA) is 27.0 Å². The van der Waals surface area contributed by atoms with E-state index < -0.39 is 11.6 Å². The Morgan fingerprint density at radius 1 is 1.13 bits per heavy atom. The van der Waals surface area contributed by atoms with Gasteiger partial charge in [0.15, 0.2) is 11.6 Å². The summed E-state index contributed by atoms with van der Waals surface area (Å²) >= 11 is 0. The average Bonchev–Trinajstić information content (AvgIpc) is 2.74. The van der Waals surface area contributed by atoms with E-state index in [0.29, 0.717) is 5.69 Å². The summed E-state index contributed by atoms with van der Waals surface area (Å²) in [4.78, 5) is 1.92. The molecular formula is C11H10F2N2. The van der Waals surface area contributed by atoms with Crippen molar-refractivity contribution >= 4 is 5.69 Å². The first kappa shape index (κ1) is 9.91. The predicted molar refractivity (Wildman–Crippen MR) is 52.5 cm³/mol. The molecule has 0 saturated carbocycles. The van der Waals surface area contributed by atoms with Gasteiger partial charge in [0.2, 0.25) is 0 Å². The van der Waals surface area contributed by atoms with Crippen LogP contribution in [0.25, 0.3) is 0 Å². The van der Waals surface area contributed by atoms with Crippen LogP contribution in [0.15, 0.2) is 12.1 Å². The lowest BCUT2D eigenvalue weighted by molar-refractivity contribution is 0.508. The number of hydrogen-bond donors (Lipinski definition) is 0. The van der Waals surface area contributed by atoms with Crippen LogP contribution in [0.3, 0.4) is 0 Å². The minimum absolute atomic E-state index is 0.204. The van der Waals surface area contributed by atoms with Crippen LogP contribution in [0.1, 0.15) is 18.4 Å². The molecule has 2 nitrogen and oxygen atoms in total. The van der Waals surface area contributed by atoms with E-state index in [1.165, 1.54) is 0 Å². The van der Waals surface area contributed by atoms with Gasteiger partial charge in [0.05, 0.1) is 11.3 Å². The van der Waals surface area contributed by atoms with Crippen LogP contribution >= 0.6 is 0 Å². The molecule has 1 fully saturated rings. The quantitative estimate of drug-likeness (QED) is 0.708. The lowest BCUT2D eigenvalue weighted by Gasteiger charge is -2.18. The molecule has 1 aromatic rings. The average molecular weight is 208 g/mol. The second-order valence-electron chi connectivity index (χ2n) is 3.59. The Hall–Kier alpha value is -1.63. The Labute approximate surface area is 86.7 Å². The zero-order valence-corrected chi connectivity index (χ0v) is 8.13. The van der Waals surface area contributed by atoms with Gasteiger partial charge < -0.3 is 4.90 Å². The zero-order chi connectivity index (χ0) is 10.8. The first-order chi connectivity index (χ1) is 7.22. The highest BCUT2D eigenvalue weighted by molar-refractivity contribution is 5.60. The molecule has 4 heteroatoms. The predicted octanol–water partition coefficient (Wildman–Crippen LogP) is 2.44. The maximum Gasteiger partial charge on any atom is 0.160 e. The Bertz CT molecular complexity index is 417. The van der Waals surface area contributed by atoms with E-state index >= 15 is 0 Å². The normalized spacial score (nSPS) is 15.4. The highest BCUT2D eigenvalue weighted by Gasteiger charge is 2.18. The summed E-state index contributed by atoms with van der Waals surface area (Å²) in [5, 5.41) is 8.83. The Morgan fingerprint density at radius 3 is 2.33 bits per heavy atom. The van der Waals surface area contributed by atoms with Gasteiger partial charge in [0.1, 0.15) is 6.07 Å². The number of nitrogens with zero attached hydrogens (tertiary/aromatic N) is 2. The molecule has 0 aliphatic carbocycles. The molecule has 0 radical (unpaired) electrons. The summed E-state index contributed by atoms with van der Waals surface area (Å²) in [6, 6.07) is 3.96. The molecule has 0 atom stereocenters. The summed E-state index contributed by atoms with van der Waals surface area (Å²) < 4.78 is 25.9. The van der Waals surface area contributed by atoms with E-state index in [2.05, 4.69) is 0 Å². The van der Waals surface area contributed by atoms with Crippen molar-refractivity contribution in [3.63, 3.8) is 0 Å². The molecule has 0 bridgehead atoms. The van der Waals surface area contributed by atoms with Crippen LogP contribution in [0.2, 0.25) is 0 Å². The molecule has 1 aliphatic heterocycles. The lowest BCUT2D eigenvalue weighted by Crippen LogP contribution is -2.19. The fourth-order valence-electron chi connectivity index (χ4n) is 1.85. The molecule has 0 amide bonds. The minimum Gasteiger partial charge on any atom is -0.370 e. The highest BCUT2D eigenvalue weighted by Crippen LogP contribution is 2.26. The highest BCUT2D eigenvalue weighted by atomic mass is 19.2. The van der Waals surface area contributed by atoms with Gasteiger partial charge in [-0.3, -0.25) is 0 Å². The molecule has 15 heavy (non-hydrogen) atoms. The fourth-order valence-corrected chi connectivity index (χ4v) is 1.85. The summed E-state index contributed by atoms with van der Waals surface area (Å²) in [5.41, 5.74) is 0.713. The molecule has 0 N–H and O–H groups in total. The third kappa shape index (κ3) is 1.78. The van der Waals surface area contributed by atoms with E-state index in [0.717, 1.165) is 38.1 Å². The van der Waals surface area contributed by atoms with Crippen molar-refractivity contribution in [3.05, 3.63) is 29.3 Å². The Kier molecular flexibility index (Phi) is 2.55. The van der Waals surface area contributed by atoms with E-state index in [1.807, 2.05) is 11.0 Å². The Balaban J connectivity index is 2.45. The fraction of sp³-hybridized carbons (Fsp3) is 0.364. The molecule has 0 unspecified atom stereocenters. The van der Waals surface area contributed by atoms with Crippen molar-refractivity contribution in [2.75, 3.05) is 18.0 Å². The molecule has 0 aromatic heterocycles. The first-order valence-electron chi connectivity index (χ1n) is 4.86. The molecule has 1 heterocycles. The van der Waals surface area contributed by atoms with Gasteiger partial charge in [-0.1, -0.05) is 0 Å². The maximum absolute atomic E-state index is 13.0. The number of nitriles is 1. The van der Waals surface area contributed by atoms with Crippen LogP contribution in [-0.2, 0) is 0 Å². The van der Waals surface area contributed by atoms with Crippen LogP contribution in [0.4, 0.5) is 14.5 Å². The van der Waals surface area contributed by atoms with Gasteiger partial charge in [-0.2, -0.15) is 5.26 Å². The first-order valence-corrected chi connectivity index (χ1v) is 4.86. The third-order valence-corrected chi connectivity index (χ3v) is 2.61. The largest absolute Gasteiger partial charge is 0.370 e. The lowest BCUT2D eigenvalue weighted by atomic mass is 10.1. The van der Waals surface area contributed by atoms with Gasteiger partial charge in [-0.25, -0.2) is 8.78 Å². The minimum atomic E-state index is -0.963. The van der Waals surface area contributed by atoms with Gasteiger partial charge in [-0.15, -0.1) is 0 Å². The van der Waals surface area contributed by atoms with Crippen LogP contribution in [0, 0.1) is 23.0 Å². The summed E-state index contributed by atoms with van der Waals surface area (Å²) in [5.74, 6) is -1.86. The van der Waals surface area contributed by atoms with E-state index in [9.17, 15) is 8.78 Å². The van der Waals surface area contributed by atoms with Gasteiger partial charge in [0.25, 0.3) is 0 Å². The van der Waals surface area contributed by atoms with Crippen molar-refractivity contribution in [2.45, 2.75) is 12.8 Å². The van der Waals surface area contributed by atoms with Crippen molar-refractivity contribution in [2.24, 2.45) is 0 Å². The second kappa shape index (κ2) is 3.85. The van der Waals surface area contributed by atoms with Crippen molar-refractivity contribution < 1.29 is 8.78 Å². The maximum atomic E-state index is 13.0. The monoisotopic (exact) mass is 208 g/mol. The molecule has 0 spiro atoms. The molecule has 1 aromatic carbocycles. The molecule has 2 rings (SSSR count). The third-order valence-electron chi connectivity index (χ3n) is 2.61. The standard InChI is InChI=1S/C11H10F2N2/c12-9-5-8(7-14)11(6-10(9)13)15-3-1-2-4-15/h5-6H,1-4H2. The number of halogens is 2. The SMILES string of the molecule is N#Cc1cc(F)c(F)cc1N1CCCC1. The number of anilines is 1. The van der Waals surface area contributed by atoms with E-state index in [4.69, 9.17) is 5.26 Å². The molecular weight excluding hydrogens is 198 g/mol. The Morgan fingerprint density at radius 2 is 1.73 bits per heavy atom.